The predicted molar refractivity (Wildman–Crippen MR) is 124 cm³/mol. The molecular formula is C23H22BrN5O2. The summed E-state index contributed by atoms with van der Waals surface area (Å²) in [5.41, 5.74) is 2.32. The van der Waals surface area contributed by atoms with Gasteiger partial charge in [0.1, 0.15) is 0 Å². The van der Waals surface area contributed by atoms with E-state index in [4.69, 9.17) is 9.97 Å². The molecule has 0 bridgehead atoms. The Hall–Kier alpha value is -3.00. The molecule has 5 rings (SSSR count). The number of nitrogens with one attached hydrogen (secondary N) is 1. The van der Waals surface area contributed by atoms with Gasteiger partial charge in [-0.15, -0.1) is 0 Å². The highest BCUT2D eigenvalue weighted by atomic mass is 79.9. The second-order valence-electron chi connectivity index (χ2n) is 7.92. The number of benzene rings is 2. The van der Waals surface area contributed by atoms with Gasteiger partial charge in [-0.3, -0.25) is 9.59 Å². The van der Waals surface area contributed by atoms with Crippen molar-refractivity contribution in [3.8, 4) is 0 Å². The second kappa shape index (κ2) is 8.26. The normalized spacial score (nSPS) is 18.7. The third-order valence-electron chi connectivity index (χ3n) is 5.84. The number of nitrogens with zero attached hydrogens (tertiary/aromatic N) is 4. The van der Waals surface area contributed by atoms with Crippen LogP contribution in [0.5, 0.6) is 0 Å². The lowest BCUT2D eigenvalue weighted by atomic mass is 10.1. The maximum absolute atomic E-state index is 13.1. The smallest absolute Gasteiger partial charge is 0.231 e. The van der Waals surface area contributed by atoms with Gasteiger partial charge in [-0.05, 0) is 53.0 Å². The lowest BCUT2D eigenvalue weighted by Crippen LogP contribution is -2.29. The first kappa shape index (κ1) is 19.9. The molecule has 1 N–H and O–H groups in total. The minimum Gasteiger partial charge on any atom is -0.354 e. The Labute approximate surface area is 188 Å². The van der Waals surface area contributed by atoms with E-state index in [9.17, 15) is 9.59 Å². The summed E-state index contributed by atoms with van der Waals surface area (Å²) in [5, 5.41) is 2.98. The molecule has 0 aliphatic carbocycles. The fraction of sp³-hybridized carbons (Fsp3) is 0.304. The average molecular weight is 480 g/mol. The van der Waals surface area contributed by atoms with Crippen LogP contribution in [0, 0.1) is 5.92 Å². The van der Waals surface area contributed by atoms with Gasteiger partial charge in [-0.2, -0.15) is 0 Å². The first-order valence-electron chi connectivity index (χ1n) is 10.5. The van der Waals surface area contributed by atoms with Crippen LogP contribution in [-0.2, 0) is 9.59 Å². The molecule has 2 aliphatic rings. The summed E-state index contributed by atoms with van der Waals surface area (Å²) in [6.45, 7) is 2.13. The Bertz CT molecular complexity index is 1160. The monoisotopic (exact) mass is 479 g/mol. The highest BCUT2D eigenvalue weighted by Crippen LogP contribution is 2.33. The van der Waals surface area contributed by atoms with Crippen molar-refractivity contribution in [3.05, 3.63) is 53.0 Å². The van der Waals surface area contributed by atoms with Crippen molar-refractivity contribution in [2.24, 2.45) is 5.92 Å². The fourth-order valence-corrected chi connectivity index (χ4v) is 4.73. The van der Waals surface area contributed by atoms with Crippen molar-refractivity contribution in [2.45, 2.75) is 19.3 Å². The molecule has 2 fully saturated rings. The van der Waals surface area contributed by atoms with Crippen LogP contribution in [-0.4, -0.2) is 41.4 Å². The van der Waals surface area contributed by atoms with Crippen molar-refractivity contribution in [1.82, 2.24) is 9.97 Å². The lowest BCUT2D eigenvalue weighted by molar-refractivity contribution is -0.122. The maximum Gasteiger partial charge on any atom is 0.231 e. The molecule has 0 saturated carbocycles. The van der Waals surface area contributed by atoms with E-state index in [1.165, 1.54) is 0 Å². The summed E-state index contributed by atoms with van der Waals surface area (Å²) in [6, 6.07) is 15.2. The molecule has 2 saturated heterocycles. The number of amides is 2. The summed E-state index contributed by atoms with van der Waals surface area (Å²) < 4.78 is 0.834. The van der Waals surface area contributed by atoms with Crippen LogP contribution < -0.4 is 15.1 Å². The zero-order valence-electron chi connectivity index (χ0n) is 16.9. The van der Waals surface area contributed by atoms with Crippen LogP contribution in [0.2, 0.25) is 0 Å². The highest BCUT2D eigenvalue weighted by molar-refractivity contribution is 9.10. The Morgan fingerprint density at radius 1 is 1.00 bits per heavy atom. The zero-order chi connectivity index (χ0) is 21.4. The molecule has 1 atom stereocenters. The van der Waals surface area contributed by atoms with Gasteiger partial charge < -0.3 is 15.1 Å². The Morgan fingerprint density at radius 3 is 2.42 bits per heavy atom. The van der Waals surface area contributed by atoms with Gasteiger partial charge in [-0.25, -0.2) is 9.97 Å². The summed E-state index contributed by atoms with van der Waals surface area (Å²) >= 11 is 3.50. The SMILES string of the molecule is O=C(Nc1nc2ccccc2nc1N1CCCC1)C1CC(=O)N(c2ccccc2Br)C1. The molecule has 1 unspecified atom stereocenters. The predicted octanol–water partition coefficient (Wildman–Crippen LogP) is 3.98. The number of anilines is 3. The number of hydrogen-bond acceptors (Lipinski definition) is 5. The molecule has 2 aromatic carbocycles. The van der Waals surface area contributed by atoms with E-state index >= 15 is 0 Å². The van der Waals surface area contributed by atoms with E-state index in [2.05, 4.69) is 26.1 Å². The first-order valence-corrected chi connectivity index (χ1v) is 11.3. The summed E-state index contributed by atoms with van der Waals surface area (Å²) in [4.78, 5) is 39.1. The van der Waals surface area contributed by atoms with E-state index in [-0.39, 0.29) is 18.2 Å². The van der Waals surface area contributed by atoms with Crippen LogP contribution in [0.1, 0.15) is 19.3 Å². The number of aromatic nitrogens is 2. The Morgan fingerprint density at radius 2 is 1.68 bits per heavy atom. The van der Waals surface area contributed by atoms with Crippen LogP contribution in [0.4, 0.5) is 17.3 Å². The molecule has 0 radical (unpaired) electrons. The van der Waals surface area contributed by atoms with Crippen molar-refractivity contribution in [1.29, 1.82) is 0 Å². The standard InChI is InChI=1S/C23H22BrN5O2/c24-16-7-1-4-10-19(16)29-14-15(13-20(29)30)23(31)27-21-22(28-11-5-6-12-28)26-18-9-3-2-8-17(18)25-21/h1-4,7-10,15H,5-6,11-14H2,(H,25,27,31). The molecule has 7 nitrogen and oxygen atoms in total. The zero-order valence-corrected chi connectivity index (χ0v) is 18.5. The molecule has 31 heavy (non-hydrogen) atoms. The minimum absolute atomic E-state index is 0.0589. The number of para-hydroxylation sites is 3. The van der Waals surface area contributed by atoms with Gasteiger partial charge in [0.05, 0.1) is 22.6 Å². The van der Waals surface area contributed by atoms with E-state index in [0.717, 1.165) is 47.1 Å². The number of halogens is 1. The molecule has 8 heteroatoms. The quantitative estimate of drug-likeness (QED) is 0.611. The largest absolute Gasteiger partial charge is 0.354 e. The number of carbonyl (C=O) groups is 2. The molecule has 3 aromatic rings. The van der Waals surface area contributed by atoms with Crippen LogP contribution in [0.15, 0.2) is 53.0 Å². The minimum atomic E-state index is -0.445. The Kier molecular flexibility index (Phi) is 5.31. The van der Waals surface area contributed by atoms with Crippen molar-refractivity contribution < 1.29 is 9.59 Å². The highest BCUT2D eigenvalue weighted by Gasteiger charge is 2.36. The van der Waals surface area contributed by atoms with Crippen molar-refractivity contribution in [3.63, 3.8) is 0 Å². The average Bonchev–Trinajstić information content (AvgIpc) is 3.44. The molecule has 2 amide bonds. The van der Waals surface area contributed by atoms with E-state index in [1.54, 1.807) is 4.90 Å². The van der Waals surface area contributed by atoms with Gasteiger partial charge >= 0.3 is 0 Å². The van der Waals surface area contributed by atoms with Gasteiger partial charge in [0, 0.05) is 30.5 Å². The lowest BCUT2D eigenvalue weighted by Gasteiger charge is -2.21. The van der Waals surface area contributed by atoms with Crippen LogP contribution in [0.3, 0.4) is 0 Å². The molecular weight excluding hydrogens is 458 g/mol. The first-order chi connectivity index (χ1) is 15.1. The molecule has 3 heterocycles. The topological polar surface area (TPSA) is 78.4 Å². The second-order valence-corrected chi connectivity index (χ2v) is 8.78. The summed E-state index contributed by atoms with van der Waals surface area (Å²) in [5.74, 6) is 0.470. The van der Waals surface area contributed by atoms with Gasteiger partial charge in [0.25, 0.3) is 0 Å². The molecule has 158 valence electrons. The Balaban J connectivity index is 1.41. The van der Waals surface area contributed by atoms with Gasteiger partial charge in [0.2, 0.25) is 11.8 Å². The van der Waals surface area contributed by atoms with Crippen molar-refractivity contribution in [2.75, 3.05) is 34.8 Å². The van der Waals surface area contributed by atoms with Crippen LogP contribution >= 0.6 is 15.9 Å². The van der Waals surface area contributed by atoms with Gasteiger partial charge in [-0.1, -0.05) is 24.3 Å². The van der Waals surface area contributed by atoms with E-state index in [1.807, 2.05) is 48.5 Å². The summed E-state index contributed by atoms with van der Waals surface area (Å²) in [7, 11) is 0. The van der Waals surface area contributed by atoms with Crippen molar-refractivity contribution >= 4 is 56.1 Å². The third kappa shape index (κ3) is 3.87. The fourth-order valence-electron chi connectivity index (χ4n) is 4.23. The number of carbonyl (C=O) groups excluding carboxylic acids is 2. The molecule has 1 aromatic heterocycles. The molecule has 0 spiro atoms. The van der Waals surface area contributed by atoms with E-state index < -0.39 is 5.92 Å². The number of fused-ring (bicyclic) bond motifs is 1. The maximum atomic E-state index is 13.1. The van der Waals surface area contributed by atoms with Crippen LogP contribution in [0.25, 0.3) is 11.0 Å². The number of hydrogen-bond donors (Lipinski definition) is 1. The number of rotatable bonds is 4. The third-order valence-corrected chi connectivity index (χ3v) is 6.51. The van der Waals surface area contributed by atoms with E-state index in [0.29, 0.717) is 18.2 Å². The molecule has 2 aliphatic heterocycles. The van der Waals surface area contributed by atoms with Gasteiger partial charge in [0.15, 0.2) is 11.6 Å². The summed E-state index contributed by atoms with van der Waals surface area (Å²) in [6.07, 6.45) is 2.37.